The molecule has 6 nitrogen and oxygen atoms in total. The summed E-state index contributed by atoms with van der Waals surface area (Å²) in [4.78, 5) is 25.2. The van der Waals surface area contributed by atoms with Gasteiger partial charge in [0, 0.05) is 0 Å². The number of amides is 1. The zero-order chi connectivity index (χ0) is 10.5. The third-order valence-corrected chi connectivity index (χ3v) is 0.776. The molecule has 0 saturated carbocycles. The minimum atomic E-state index is -0.953. The number of ether oxygens (including phenoxy) is 1. The van der Waals surface area contributed by atoms with Crippen molar-refractivity contribution in [1.29, 1.82) is 0 Å². The summed E-state index contributed by atoms with van der Waals surface area (Å²) in [5.41, 5.74) is 1.06. The van der Waals surface area contributed by atoms with Gasteiger partial charge in [0.05, 0.1) is 0 Å². The highest BCUT2D eigenvalue weighted by Crippen LogP contribution is 2.06. The minimum absolute atomic E-state index is 0.657. The molecule has 0 heterocycles. The molecule has 1 amide bonds. The van der Waals surface area contributed by atoms with Crippen molar-refractivity contribution in [1.82, 2.24) is 5.48 Å². The molecule has 2 N–H and O–H groups in total. The predicted molar refractivity (Wildman–Crippen MR) is 42.5 cm³/mol. The van der Waals surface area contributed by atoms with Crippen LogP contribution in [0.4, 0.5) is 4.79 Å². The first-order chi connectivity index (χ1) is 5.85. The molecule has 0 aliphatic rings. The number of nitrogens with one attached hydrogen (secondary N) is 1. The van der Waals surface area contributed by atoms with E-state index in [0.717, 1.165) is 0 Å². The molecule has 6 heteroatoms. The lowest BCUT2D eigenvalue weighted by atomic mass is 10.2. The highest BCUT2D eigenvalue weighted by Gasteiger charge is 2.16. The maximum Gasteiger partial charge on any atom is 0.441 e. The van der Waals surface area contributed by atoms with Gasteiger partial charge in [-0.15, -0.1) is 5.48 Å². The fraction of sp³-hybridized carbons (Fsp3) is 0.714. The van der Waals surface area contributed by atoms with Crippen LogP contribution >= 0.6 is 0 Å². The Morgan fingerprint density at radius 2 is 1.92 bits per heavy atom. The first-order valence-corrected chi connectivity index (χ1v) is 3.64. The molecule has 0 radical (unpaired) electrons. The quantitative estimate of drug-likeness (QED) is 0.568. The standard InChI is InChI=1S/C7H13NO5/c1-7(2,3)12-6(11)8-13-5(10)4-9/h9H,4H2,1-3H3,(H,8,11). The predicted octanol–water partition coefficient (Wildman–Crippen LogP) is -0.0384. The third kappa shape index (κ3) is 7.07. The maximum atomic E-state index is 10.8. The van der Waals surface area contributed by atoms with Crippen LogP contribution in [-0.2, 0) is 14.4 Å². The molecule has 13 heavy (non-hydrogen) atoms. The molecule has 76 valence electrons. The number of hydrogen-bond acceptors (Lipinski definition) is 5. The van der Waals surface area contributed by atoms with E-state index in [-0.39, 0.29) is 0 Å². The average Bonchev–Trinajstić information content (AvgIpc) is 1.97. The maximum absolute atomic E-state index is 10.8. The first kappa shape index (κ1) is 11.7. The Morgan fingerprint density at radius 3 is 2.31 bits per heavy atom. The van der Waals surface area contributed by atoms with Crippen molar-refractivity contribution in [3.05, 3.63) is 0 Å². The zero-order valence-electron chi connectivity index (χ0n) is 7.79. The summed E-state index contributed by atoms with van der Waals surface area (Å²) in [7, 11) is 0. The van der Waals surface area contributed by atoms with E-state index in [9.17, 15) is 9.59 Å². The molecule has 0 spiro atoms. The Balaban J connectivity index is 3.71. The van der Waals surface area contributed by atoms with Crippen LogP contribution < -0.4 is 5.48 Å². The second-order valence-electron chi connectivity index (χ2n) is 3.24. The van der Waals surface area contributed by atoms with Gasteiger partial charge < -0.3 is 14.7 Å². The smallest absolute Gasteiger partial charge is 0.441 e. The van der Waals surface area contributed by atoms with Crippen LogP contribution in [0, 0.1) is 0 Å². The second-order valence-corrected chi connectivity index (χ2v) is 3.24. The van der Waals surface area contributed by atoms with Crippen molar-refractivity contribution in [2.45, 2.75) is 26.4 Å². The number of carbonyl (C=O) groups is 2. The van der Waals surface area contributed by atoms with Gasteiger partial charge in [0.2, 0.25) is 0 Å². The van der Waals surface area contributed by atoms with Crippen LogP contribution in [0.15, 0.2) is 0 Å². The first-order valence-electron chi connectivity index (χ1n) is 3.64. The number of aliphatic hydroxyl groups is 1. The van der Waals surface area contributed by atoms with E-state index in [0.29, 0.717) is 0 Å². The normalized spacial score (nSPS) is 10.5. The lowest BCUT2D eigenvalue weighted by molar-refractivity contribution is -0.153. The van der Waals surface area contributed by atoms with Gasteiger partial charge in [-0.05, 0) is 20.8 Å². The summed E-state index contributed by atoms with van der Waals surface area (Å²) >= 11 is 0. The fourth-order valence-corrected chi connectivity index (χ4v) is 0.430. The molecule has 0 unspecified atom stereocenters. The highest BCUT2D eigenvalue weighted by molar-refractivity contribution is 5.73. The SMILES string of the molecule is CC(C)(C)OC(=O)NOC(=O)CO. The molecule has 0 fully saturated rings. The summed E-state index contributed by atoms with van der Waals surface area (Å²) in [6.45, 7) is 4.21. The van der Waals surface area contributed by atoms with Gasteiger partial charge in [-0.25, -0.2) is 9.59 Å². The van der Waals surface area contributed by atoms with Crippen LogP contribution in [0.5, 0.6) is 0 Å². The topological polar surface area (TPSA) is 84.9 Å². The van der Waals surface area contributed by atoms with E-state index in [1.165, 1.54) is 0 Å². The van der Waals surface area contributed by atoms with Gasteiger partial charge in [-0.3, -0.25) is 0 Å². The molecule has 0 atom stereocenters. The van der Waals surface area contributed by atoms with Crippen LogP contribution in [0.3, 0.4) is 0 Å². The van der Waals surface area contributed by atoms with Gasteiger partial charge in [0.25, 0.3) is 0 Å². The molecule has 0 aromatic heterocycles. The van der Waals surface area contributed by atoms with Crippen LogP contribution in [0.2, 0.25) is 0 Å². The monoisotopic (exact) mass is 191 g/mol. The minimum Gasteiger partial charge on any atom is -0.442 e. The lowest BCUT2D eigenvalue weighted by Crippen LogP contribution is -2.34. The molecular weight excluding hydrogens is 178 g/mol. The van der Waals surface area contributed by atoms with Crippen molar-refractivity contribution >= 4 is 12.1 Å². The summed E-state index contributed by atoms with van der Waals surface area (Å²) in [6, 6.07) is 0. The van der Waals surface area contributed by atoms with Crippen molar-refractivity contribution in [3.8, 4) is 0 Å². The van der Waals surface area contributed by atoms with E-state index in [1.807, 2.05) is 0 Å². The third-order valence-electron chi connectivity index (χ3n) is 0.776. The van der Waals surface area contributed by atoms with Gasteiger partial charge in [0.1, 0.15) is 12.2 Å². The van der Waals surface area contributed by atoms with Gasteiger partial charge in [-0.2, -0.15) is 0 Å². The molecule has 0 aromatic rings. The Bertz CT molecular complexity index is 196. The van der Waals surface area contributed by atoms with Crippen LogP contribution in [0.25, 0.3) is 0 Å². The molecule has 0 bridgehead atoms. The molecule has 0 aromatic carbocycles. The zero-order valence-corrected chi connectivity index (χ0v) is 7.79. The van der Waals surface area contributed by atoms with E-state index >= 15 is 0 Å². The van der Waals surface area contributed by atoms with E-state index in [1.54, 1.807) is 26.3 Å². The van der Waals surface area contributed by atoms with E-state index < -0.39 is 24.3 Å². The summed E-state index contributed by atoms with van der Waals surface area (Å²) in [5.74, 6) is -0.953. The Kier molecular flexibility index (Phi) is 4.19. The summed E-state index contributed by atoms with van der Waals surface area (Å²) in [5, 5.41) is 8.21. The number of rotatable bonds is 1. The number of hydroxylamine groups is 1. The molecule has 0 aliphatic heterocycles. The van der Waals surface area contributed by atoms with Gasteiger partial charge in [-0.1, -0.05) is 0 Å². The number of carbonyl (C=O) groups excluding carboxylic acids is 2. The molecule has 0 aliphatic carbocycles. The lowest BCUT2D eigenvalue weighted by Gasteiger charge is -2.18. The van der Waals surface area contributed by atoms with Crippen LogP contribution in [0.1, 0.15) is 20.8 Å². The summed E-state index contributed by atoms with van der Waals surface area (Å²) in [6.07, 6.45) is -0.880. The Morgan fingerprint density at radius 1 is 1.38 bits per heavy atom. The van der Waals surface area contributed by atoms with Crippen molar-refractivity contribution < 1.29 is 24.3 Å². The molecule has 0 saturated heterocycles. The molecular formula is C7H13NO5. The largest absolute Gasteiger partial charge is 0.442 e. The van der Waals surface area contributed by atoms with Gasteiger partial charge >= 0.3 is 12.1 Å². The Hall–Kier alpha value is -1.30. The summed E-state index contributed by atoms with van der Waals surface area (Å²) < 4.78 is 4.72. The van der Waals surface area contributed by atoms with E-state index in [2.05, 4.69) is 4.84 Å². The van der Waals surface area contributed by atoms with Gasteiger partial charge in [0.15, 0.2) is 0 Å². The fourth-order valence-electron chi connectivity index (χ4n) is 0.430. The number of aliphatic hydroxyl groups excluding tert-OH is 1. The highest BCUT2D eigenvalue weighted by atomic mass is 16.7. The van der Waals surface area contributed by atoms with Crippen LogP contribution in [-0.4, -0.2) is 29.4 Å². The van der Waals surface area contributed by atoms with Crippen molar-refractivity contribution in [2.24, 2.45) is 0 Å². The second kappa shape index (κ2) is 4.66. The number of hydrogen-bond donors (Lipinski definition) is 2. The van der Waals surface area contributed by atoms with Crippen molar-refractivity contribution in [3.63, 3.8) is 0 Å². The molecule has 0 rings (SSSR count). The Labute approximate surface area is 75.8 Å². The van der Waals surface area contributed by atoms with Crippen molar-refractivity contribution in [2.75, 3.05) is 6.61 Å². The van der Waals surface area contributed by atoms with E-state index in [4.69, 9.17) is 9.84 Å². The average molecular weight is 191 g/mol.